The molecule has 1 aliphatic heterocycles. The number of unbranched alkanes of at least 4 members (excludes halogenated alkanes) is 4. The van der Waals surface area contributed by atoms with Gasteiger partial charge in [-0.15, -0.1) is 10.2 Å². The van der Waals surface area contributed by atoms with Crippen molar-refractivity contribution in [1.82, 2.24) is 15.5 Å². The average Bonchev–Trinajstić information content (AvgIpc) is 2.77. The van der Waals surface area contributed by atoms with E-state index in [4.69, 9.17) is 0 Å². The summed E-state index contributed by atoms with van der Waals surface area (Å²) in [5.41, 5.74) is 3.18. The lowest BCUT2D eigenvalue weighted by atomic mass is 9.97. The molecule has 1 aliphatic rings. The zero-order valence-electron chi connectivity index (χ0n) is 17.9. The Balaban J connectivity index is 1.51. The van der Waals surface area contributed by atoms with E-state index in [9.17, 15) is 4.79 Å². The SMILES string of the molecule is CCCCCCCNC(=O)C1CCCN(c2ccc(-c3ccc(C)cc3)nn2)C1. The third-order valence-electron chi connectivity index (χ3n) is 5.69. The molecular weight excluding hydrogens is 360 g/mol. The molecule has 1 saturated heterocycles. The fourth-order valence-corrected chi connectivity index (χ4v) is 3.86. The number of aromatic nitrogens is 2. The van der Waals surface area contributed by atoms with E-state index in [1.807, 2.05) is 12.1 Å². The van der Waals surface area contributed by atoms with Crippen molar-refractivity contribution < 1.29 is 4.79 Å². The molecule has 1 aromatic heterocycles. The van der Waals surface area contributed by atoms with Crippen molar-refractivity contribution in [3.8, 4) is 11.3 Å². The molecule has 1 unspecified atom stereocenters. The first-order valence-electron chi connectivity index (χ1n) is 11.1. The van der Waals surface area contributed by atoms with E-state index in [0.29, 0.717) is 0 Å². The summed E-state index contributed by atoms with van der Waals surface area (Å²) in [5.74, 6) is 1.09. The van der Waals surface area contributed by atoms with Crippen molar-refractivity contribution in [2.24, 2.45) is 5.92 Å². The quantitative estimate of drug-likeness (QED) is 0.623. The standard InChI is InChI=1S/C24H34N4O/c1-3-4-5-6-7-16-25-24(29)21-9-8-17-28(18-21)23-15-14-22(26-27-23)20-12-10-19(2)11-13-20/h10-15,21H,3-9,16-18H2,1-2H3,(H,25,29). The monoisotopic (exact) mass is 394 g/mol. The number of hydrogen-bond donors (Lipinski definition) is 1. The van der Waals surface area contributed by atoms with Gasteiger partial charge in [0.2, 0.25) is 5.91 Å². The van der Waals surface area contributed by atoms with Gasteiger partial charge in [0, 0.05) is 25.2 Å². The maximum Gasteiger partial charge on any atom is 0.224 e. The highest BCUT2D eigenvalue weighted by Gasteiger charge is 2.26. The van der Waals surface area contributed by atoms with Crippen LogP contribution in [0.25, 0.3) is 11.3 Å². The van der Waals surface area contributed by atoms with E-state index in [1.54, 1.807) is 0 Å². The molecule has 5 nitrogen and oxygen atoms in total. The number of carbonyl (C=O) groups excluding carboxylic acids is 1. The summed E-state index contributed by atoms with van der Waals surface area (Å²) in [6, 6.07) is 12.4. The number of piperidine rings is 1. The van der Waals surface area contributed by atoms with Gasteiger partial charge in [0.1, 0.15) is 0 Å². The Morgan fingerprint density at radius 1 is 1.07 bits per heavy atom. The van der Waals surface area contributed by atoms with E-state index in [0.717, 1.165) is 56.0 Å². The van der Waals surface area contributed by atoms with Crippen LogP contribution in [0.15, 0.2) is 36.4 Å². The Morgan fingerprint density at radius 2 is 1.86 bits per heavy atom. The van der Waals surface area contributed by atoms with Crippen molar-refractivity contribution in [3.63, 3.8) is 0 Å². The third kappa shape index (κ3) is 6.28. The Kier molecular flexibility index (Phi) is 8.03. The lowest BCUT2D eigenvalue weighted by Gasteiger charge is -2.32. The topological polar surface area (TPSA) is 58.1 Å². The Bertz CT molecular complexity index is 757. The second kappa shape index (κ2) is 10.9. The van der Waals surface area contributed by atoms with Gasteiger partial charge in [-0.1, -0.05) is 62.4 Å². The minimum Gasteiger partial charge on any atom is -0.356 e. The second-order valence-corrected chi connectivity index (χ2v) is 8.13. The van der Waals surface area contributed by atoms with Crippen molar-refractivity contribution in [2.75, 3.05) is 24.5 Å². The molecule has 1 N–H and O–H groups in total. The number of nitrogens with zero attached hydrogens (tertiary/aromatic N) is 3. The largest absolute Gasteiger partial charge is 0.356 e. The summed E-state index contributed by atoms with van der Waals surface area (Å²) < 4.78 is 0. The molecule has 1 amide bonds. The van der Waals surface area contributed by atoms with Gasteiger partial charge in [0.05, 0.1) is 11.6 Å². The number of nitrogens with one attached hydrogen (secondary N) is 1. The van der Waals surface area contributed by atoms with Crippen molar-refractivity contribution in [3.05, 3.63) is 42.0 Å². The molecule has 0 spiro atoms. The predicted octanol–water partition coefficient (Wildman–Crippen LogP) is 4.76. The molecule has 0 aliphatic carbocycles. The summed E-state index contributed by atoms with van der Waals surface area (Å²) in [5, 5.41) is 12.0. The lowest BCUT2D eigenvalue weighted by molar-refractivity contribution is -0.125. The van der Waals surface area contributed by atoms with Gasteiger partial charge in [-0.3, -0.25) is 4.79 Å². The molecule has 0 radical (unpaired) electrons. The van der Waals surface area contributed by atoms with Gasteiger partial charge in [0.15, 0.2) is 5.82 Å². The van der Waals surface area contributed by atoms with Crippen LogP contribution < -0.4 is 10.2 Å². The van der Waals surface area contributed by atoms with Crippen molar-refractivity contribution >= 4 is 11.7 Å². The highest BCUT2D eigenvalue weighted by molar-refractivity contribution is 5.79. The van der Waals surface area contributed by atoms with Gasteiger partial charge >= 0.3 is 0 Å². The highest BCUT2D eigenvalue weighted by Crippen LogP contribution is 2.23. The number of amides is 1. The first-order chi connectivity index (χ1) is 14.2. The van der Waals surface area contributed by atoms with Crippen LogP contribution in [0.3, 0.4) is 0 Å². The number of rotatable bonds is 9. The fraction of sp³-hybridized carbons (Fsp3) is 0.542. The van der Waals surface area contributed by atoms with Gasteiger partial charge in [-0.2, -0.15) is 0 Å². The molecule has 2 aromatic rings. The number of aryl methyl sites for hydroxylation is 1. The Hall–Kier alpha value is -2.43. The van der Waals surface area contributed by atoms with Crippen LogP contribution in [0.1, 0.15) is 57.4 Å². The molecule has 1 fully saturated rings. The van der Waals surface area contributed by atoms with E-state index < -0.39 is 0 Å². The van der Waals surface area contributed by atoms with Crippen LogP contribution in [0, 0.1) is 12.8 Å². The van der Waals surface area contributed by atoms with Gasteiger partial charge in [-0.05, 0) is 38.3 Å². The van der Waals surface area contributed by atoms with Crippen LogP contribution in [0.4, 0.5) is 5.82 Å². The molecule has 1 atom stereocenters. The molecule has 2 heterocycles. The number of benzene rings is 1. The zero-order valence-corrected chi connectivity index (χ0v) is 17.9. The van der Waals surface area contributed by atoms with Crippen LogP contribution in [-0.2, 0) is 4.79 Å². The molecule has 156 valence electrons. The van der Waals surface area contributed by atoms with Crippen LogP contribution in [-0.4, -0.2) is 35.7 Å². The Morgan fingerprint density at radius 3 is 2.59 bits per heavy atom. The molecule has 29 heavy (non-hydrogen) atoms. The summed E-state index contributed by atoms with van der Waals surface area (Å²) in [6.45, 7) is 6.74. The minimum atomic E-state index is 0.0398. The highest BCUT2D eigenvalue weighted by atomic mass is 16.1. The minimum absolute atomic E-state index is 0.0398. The van der Waals surface area contributed by atoms with E-state index in [1.165, 1.54) is 31.2 Å². The summed E-state index contributed by atoms with van der Waals surface area (Å²) >= 11 is 0. The fourth-order valence-electron chi connectivity index (χ4n) is 3.86. The maximum absolute atomic E-state index is 12.6. The van der Waals surface area contributed by atoms with Crippen LogP contribution in [0.2, 0.25) is 0 Å². The number of hydrogen-bond acceptors (Lipinski definition) is 4. The summed E-state index contributed by atoms with van der Waals surface area (Å²) in [7, 11) is 0. The smallest absolute Gasteiger partial charge is 0.224 e. The summed E-state index contributed by atoms with van der Waals surface area (Å²) in [4.78, 5) is 14.8. The predicted molar refractivity (Wildman–Crippen MR) is 119 cm³/mol. The van der Waals surface area contributed by atoms with Gasteiger partial charge < -0.3 is 10.2 Å². The molecule has 3 rings (SSSR count). The normalized spacial score (nSPS) is 16.6. The molecule has 1 aromatic carbocycles. The molecule has 0 bridgehead atoms. The number of carbonyl (C=O) groups is 1. The number of anilines is 1. The van der Waals surface area contributed by atoms with Crippen molar-refractivity contribution in [1.29, 1.82) is 0 Å². The van der Waals surface area contributed by atoms with Gasteiger partial charge in [0.25, 0.3) is 0 Å². The van der Waals surface area contributed by atoms with E-state index in [-0.39, 0.29) is 11.8 Å². The van der Waals surface area contributed by atoms with Crippen LogP contribution in [0.5, 0.6) is 0 Å². The molecule has 0 saturated carbocycles. The van der Waals surface area contributed by atoms with Crippen molar-refractivity contribution in [2.45, 2.75) is 58.8 Å². The molecular formula is C24H34N4O. The third-order valence-corrected chi connectivity index (χ3v) is 5.69. The first kappa shape index (κ1) is 21.3. The molecule has 5 heteroatoms. The Labute approximate surface area is 174 Å². The van der Waals surface area contributed by atoms with Crippen LogP contribution >= 0.6 is 0 Å². The summed E-state index contributed by atoms with van der Waals surface area (Å²) in [6.07, 6.45) is 8.04. The average molecular weight is 395 g/mol. The van der Waals surface area contributed by atoms with E-state index in [2.05, 4.69) is 58.5 Å². The second-order valence-electron chi connectivity index (χ2n) is 8.13. The zero-order chi connectivity index (χ0) is 20.5. The van der Waals surface area contributed by atoms with E-state index >= 15 is 0 Å². The first-order valence-corrected chi connectivity index (χ1v) is 11.1. The lowest BCUT2D eigenvalue weighted by Crippen LogP contribution is -2.43. The maximum atomic E-state index is 12.6. The van der Waals surface area contributed by atoms with Gasteiger partial charge in [-0.25, -0.2) is 0 Å².